The largest absolute Gasteiger partial charge is 0.416 e. The van der Waals surface area contributed by atoms with E-state index in [0.29, 0.717) is 5.69 Å². The first-order valence-corrected chi connectivity index (χ1v) is 10.8. The number of halogens is 3. The Morgan fingerprint density at radius 3 is 2.32 bits per heavy atom. The molecule has 1 fully saturated rings. The standard InChI is InChI=1S/C22H25F3N2S/c23-22(24,25)17-10-11-21-19(16-17)27(18-8-2-3-9-20(18)28-21)15-7-6-14-26-12-4-1-5-13-26/h2-3,8-11,16H,1,4-7,12-15H2. The summed E-state index contributed by atoms with van der Waals surface area (Å²) in [5.41, 5.74) is 1.11. The molecule has 2 aromatic carbocycles. The van der Waals surface area contributed by atoms with Crippen molar-refractivity contribution < 1.29 is 13.2 Å². The smallest absolute Gasteiger partial charge is 0.340 e. The normalized spacial score (nSPS) is 17.3. The van der Waals surface area contributed by atoms with Crippen LogP contribution in [0.5, 0.6) is 0 Å². The third-order valence-corrected chi connectivity index (χ3v) is 6.64. The van der Waals surface area contributed by atoms with Crippen LogP contribution in [0.3, 0.4) is 0 Å². The highest BCUT2D eigenvalue weighted by Crippen LogP contribution is 2.49. The van der Waals surface area contributed by atoms with E-state index in [4.69, 9.17) is 0 Å². The SMILES string of the molecule is FC(F)(F)c1ccc2c(c1)N(CCCCN1CCCCC1)c1ccccc1S2. The fourth-order valence-electron chi connectivity index (χ4n) is 4.03. The number of rotatable bonds is 5. The van der Waals surface area contributed by atoms with Crippen molar-refractivity contribution in [3.8, 4) is 0 Å². The summed E-state index contributed by atoms with van der Waals surface area (Å²) in [5, 5.41) is 0. The number of hydrogen-bond acceptors (Lipinski definition) is 3. The van der Waals surface area contributed by atoms with Crippen molar-refractivity contribution in [3.63, 3.8) is 0 Å². The number of hydrogen-bond donors (Lipinski definition) is 0. The van der Waals surface area contributed by atoms with Crippen molar-refractivity contribution in [2.24, 2.45) is 0 Å². The molecule has 6 heteroatoms. The summed E-state index contributed by atoms with van der Waals surface area (Å²) in [6, 6.07) is 12.1. The van der Waals surface area contributed by atoms with Gasteiger partial charge in [0, 0.05) is 16.3 Å². The van der Waals surface area contributed by atoms with Gasteiger partial charge >= 0.3 is 6.18 Å². The first-order chi connectivity index (χ1) is 13.5. The number of fused-ring (bicyclic) bond motifs is 2. The number of unbranched alkanes of at least 4 members (excludes halogenated alkanes) is 1. The van der Waals surface area contributed by atoms with Gasteiger partial charge in [-0.25, -0.2) is 0 Å². The van der Waals surface area contributed by atoms with E-state index >= 15 is 0 Å². The number of benzene rings is 2. The van der Waals surface area contributed by atoms with Crippen LogP contribution in [-0.2, 0) is 6.18 Å². The highest BCUT2D eigenvalue weighted by Gasteiger charge is 2.33. The van der Waals surface area contributed by atoms with Crippen LogP contribution in [0.25, 0.3) is 0 Å². The molecule has 2 aliphatic heterocycles. The van der Waals surface area contributed by atoms with Crippen molar-refractivity contribution in [2.45, 2.75) is 48.1 Å². The molecule has 0 saturated carbocycles. The number of piperidine rings is 1. The molecule has 0 N–H and O–H groups in total. The molecule has 0 atom stereocenters. The third kappa shape index (κ3) is 4.33. The monoisotopic (exact) mass is 406 g/mol. The lowest BCUT2D eigenvalue weighted by atomic mass is 10.1. The molecule has 0 unspecified atom stereocenters. The lowest BCUT2D eigenvalue weighted by Crippen LogP contribution is -2.31. The van der Waals surface area contributed by atoms with Crippen molar-refractivity contribution in [1.29, 1.82) is 0 Å². The lowest BCUT2D eigenvalue weighted by molar-refractivity contribution is -0.137. The maximum atomic E-state index is 13.3. The van der Waals surface area contributed by atoms with E-state index in [1.807, 2.05) is 24.3 Å². The molecule has 0 bridgehead atoms. The average molecular weight is 407 g/mol. The van der Waals surface area contributed by atoms with Gasteiger partial charge in [0.25, 0.3) is 0 Å². The fourth-order valence-corrected chi connectivity index (χ4v) is 5.11. The minimum absolute atomic E-state index is 0.579. The minimum Gasteiger partial charge on any atom is -0.340 e. The van der Waals surface area contributed by atoms with Crippen LogP contribution in [0.2, 0.25) is 0 Å². The van der Waals surface area contributed by atoms with Gasteiger partial charge in [-0.3, -0.25) is 0 Å². The molecule has 0 amide bonds. The summed E-state index contributed by atoms with van der Waals surface area (Å²) >= 11 is 1.55. The zero-order valence-corrected chi connectivity index (χ0v) is 16.7. The maximum absolute atomic E-state index is 13.3. The van der Waals surface area contributed by atoms with E-state index in [1.54, 1.807) is 17.8 Å². The lowest BCUT2D eigenvalue weighted by Gasteiger charge is -2.33. The van der Waals surface area contributed by atoms with Gasteiger partial charge in [-0.15, -0.1) is 0 Å². The second-order valence-corrected chi connectivity index (χ2v) is 8.59. The van der Waals surface area contributed by atoms with E-state index in [-0.39, 0.29) is 0 Å². The Balaban J connectivity index is 1.51. The molecule has 2 heterocycles. The van der Waals surface area contributed by atoms with Gasteiger partial charge in [-0.05, 0) is 75.6 Å². The molecule has 150 valence electrons. The number of anilines is 2. The Hall–Kier alpha value is -1.66. The van der Waals surface area contributed by atoms with E-state index in [0.717, 1.165) is 41.4 Å². The van der Waals surface area contributed by atoms with Crippen LogP contribution in [0, 0.1) is 0 Å². The van der Waals surface area contributed by atoms with Gasteiger partial charge in [0.1, 0.15) is 0 Å². The summed E-state index contributed by atoms with van der Waals surface area (Å²) < 4.78 is 39.8. The molecule has 1 saturated heterocycles. The maximum Gasteiger partial charge on any atom is 0.416 e. The Kier molecular flexibility index (Phi) is 5.88. The Labute approximate surface area is 168 Å². The van der Waals surface area contributed by atoms with Crippen LogP contribution < -0.4 is 4.90 Å². The Morgan fingerprint density at radius 1 is 0.821 bits per heavy atom. The van der Waals surface area contributed by atoms with Gasteiger partial charge in [0.05, 0.1) is 16.9 Å². The van der Waals surface area contributed by atoms with Crippen LogP contribution in [0.15, 0.2) is 52.3 Å². The predicted molar refractivity (Wildman–Crippen MR) is 109 cm³/mol. The van der Waals surface area contributed by atoms with Gasteiger partial charge in [0.2, 0.25) is 0 Å². The molecule has 0 radical (unpaired) electrons. The highest BCUT2D eigenvalue weighted by molar-refractivity contribution is 7.99. The molecular formula is C22H25F3N2S. The van der Waals surface area contributed by atoms with Gasteiger partial charge in [0.15, 0.2) is 0 Å². The molecule has 0 spiro atoms. The number of likely N-dealkylation sites (tertiary alicyclic amines) is 1. The van der Waals surface area contributed by atoms with Crippen molar-refractivity contribution >= 4 is 23.1 Å². The third-order valence-electron chi connectivity index (χ3n) is 5.51. The second-order valence-electron chi connectivity index (χ2n) is 7.51. The predicted octanol–water partition coefficient (Wildman–Crippen LogP) is 6.57. The van der Waals surface area contributed by atoms with Crippen LogP contribution >= 0.6 is 11.8 Å². The van der Waals surface area contributed by atoms with Gasteiger partial charge in [-0.2, -0.15) is 13.2 Å². The summed E-state index contributed by atoms with van der Waals surface area (Å²) in [6.45, 7) is 4.18. The molecular weight excluding hydrogens is 381 g/mol. The molecule has 2 aliphatic rings. The number of alkyl halides is 3. The van der Waals surface area contributed by atoms with Crippen LogP contribution in [-0.4, -0.2) is 31.1 Å². The van der Waals surface area contributed by atoms with Crippen molar-refractivity contribution in [3.05, 3.63) is 48.0 Å². The van der Waals surface area contributed by atoms with Crippen molar-refractivity contribution in [1.82, 2.24) is 4.90 Å². The van der Waals surface area contributed by atoms with Gasteiger partial charge < -0.3 is 9.80 Å². The molecule has 0 aromatic heterocycles. The van der Waals surface area contributed by atoms with Crippen molar-refractivity contribution in [2.75, 3.05) is 31.1 Å². The van der Waals surface area contributed by atoms with Crippen LogP contribution in [0.1, 0.15) is 37.7 Å². The average Bonchev–Trinajstić information content (AvgIpc) is 2.70. The minimum atomic E-state index is -4.32. The summed E-state index contributed by atoms with van der Waals surface area (Å²) in [7, 11) is 0. The molecule has 2 nitrogen and oxygen atoms in total. The zero-order chi connectivity index (χ0) is 19.6. The quantitative estimate of drug-likeness (QED) is 0.518. The van der Waals surface area contributed by atoms with Crippen LogP contribution in [0.4, 0.5) is 24.5 Å². The van der Waals surface area contributed by atoms with E-state index in [1.165, 1.54) is 44.5 Å². The van der Waals surface area contributed by atoms with E-state index in [2.05, 4.69) is 9.80 Å². The highest BCUT2D eigenvalue weighted by atomic mass is 32.2. The molecule has 28 heavy (non-hydrogen) atoms. The first kappa shape index (κ1) is 19.6. The number of nitrogens with zero attached hydrogens (tertiary/aromatic N) is 2. The Bertz CT molecular complexity index is 816. The molecule has 2 aromatic rings. The second kappa shape index (κ2) is 8.37. The summed E-state index contributed by atoms with van der Waals surface area (Å²) in [4.78, 5) is 6.58. The molecule has 0 aliphatic carbocycles. The van der Waals surface area contributed by atoms with Gasteiger partial charge in [-0.1, -0.05) is 30.3 Å². The zero-order valence-electron chi connectivity index (χ0n) is 15.8. The fraction of sp³-hybridized carbons (Fsp3) is 0.455. The Morgan fingerprint density at radius 2 is 1.54 bits per heavy atom. The summed E-state index contributed by atoms with van der Waals surface area (Å²) in [5.74, 6) is 0. The first-order valence-electron chi connectivity index (χ1n) is 10.0. The van der Waals surface area contributed by atoms with E-state index in [9.17, 15) is 13.2 Å². The molecule has 4 rings (SSSR count). The summed E-state index contributed by atoms with van der Waals surface area (Å²) in [6.07, 6.45) is 1.60. The van der Waals surface area contributed by atoms with E-state index < -0.39 is 11.7 Å². The topological polar surface area (TPSA) is 6.48 Å². The number of para-hydroxylation sites is 1.